The number of benzene rings is 1. The summed E-state index contributed by atoms with van der Waals surface area (Å²) >= 11 is 3.68. The molecule has 14 heavy (non-hydrogen) atoms. The second kappa shape index (κ2) is 3.35. The van der Waals surface area contributed by atoms with Crippen molar-refractivity contribution < 1.29 is 0 Å². The Kier molecular flexibility index (Phi) is 2.44. The van der Waals surface area contributed by atoms with E-state index in [1.807, 2.05) is 0 Å². The lowest BCUT2D eigenvalue weighted by molar-refractivity contribution is 0.699. The van der Waals surface area contributed by atoms with Crippen LogP contribution < -0.4 is 5.73 Å². The Morgan fingerprint density at radius 2 is 2.00 bits per heavy atom. The molecule has 0 atom stereocenters. The number of hydrogen-bond acceptors (Lipinski definition) is 1. The Morgan fingerprint density at radius 3 is 2.50 bits per heavy atom. The maximum atomic E-state index is 5.85. The zero-order chi connectivity index (χ0) is 10.3. The molecule has 1 aliphatic rings. The predicted molar refractivity (Wildman–Crippen MR) is 63.6 cm³/mol. The highest BCUT2D eigenvalue weighted by Crippen LogP contribution is 2.50. The molecule has 1 aromatic rings. The molecule has 1 saturated carbocycles. The van der Waals surface area contributed by atoms with Crippen molar-refractivity contribution in [2.45, 2.75) is 32.1 Å². The normalized spacial score (nSPS) is 18.3. The predicted octanol–water partition coefficient (Wildman–Crippen LogP) is 3.06. The minimum atomic E-state index is 0.287. The van der Waals surface area contributed by atoms with Crippen molar-refractivity contribution in [3.63, 3.8) is 0 Å². The Bertz CT molecular complexity index is 367. The van der Waals surface area contributed by atoms with Crippen LogP contribution in [0.4, 0.5) is 0 Å². The van der Waals surface area contributed by atoms with Crippen LogP contribution in [0.15, 0.2) is 16.6 Å². The van der Waals surface area contributed by atoms with E-state index in [0.29, 0.717) is 0 Å². The zero-order valence-corrected chi connectivity index (χ0v) is 10.3. The third-order valence-corrected chi connectivity index (χ3v) is 4.27. The van der Waals surface area contributed by atoms with Crippen molar-refractivity contribution >= 4 is 15.9 Å². The molecular weight excluding hydrogens is 238 g/mol. The van der Waals surface area contributed by atoms with Crippen LogP contribution in [-0.2, 0) is 5.41 Å². The third-order valence-electron chi connectivity index (χ3n) is 3.21. The molecule has 2 rings (SSSR count). The summed E-state index contributed by atoms with van der Waals surface area (Å²) in [6.45, 7) is 5.07. The Labute approximate surface area is 93.8 Å². The van der Waals surface area contributed by atoms with Crippen LogP contribution in [0.2, 0.25) is 0 Å². The smallest absolute Gasteiger partial charge is 0.0242 e. The van der Waals surface area contributed by atoms with Crippen molar-refractivity contribution in [2.24, 2.45) is 5.73 Å². The highest BCUT2D eigenvalue weighted by molar-refractivity contribution is 9.10. The van der Waals surface area contributed by atoms with Gasteiger partial charge in [-0.25, -0.2) is 0 Å². The van der Waals surface area contributed by atoms with E-state index in [0.717, 1.165) is 6.54 Å². The fourth-order valence-corrected chi connectivity index (χ4v) is 2.72. The molecule has 0 saturated heterocycles. The lowest BCUT2D eigenvalue weighted by Crippen LogP contribution is -2.20. The molecule has 76 valence electrons. The van der Waals surface area contributed by atoms with E-state index in [1.165, 1.54) is 34.0 Å². The van der Waals surface area contributed by atoms with E-state index in [1.54, 1.807) is 0 Å². The first-order valence-electron chi connectivity index (χ1n) is 5.06. The van der Waals surface area contributed by atoms with E-state index in [4.69, 9.17) is 5.73 Å². The SMILES string of the molecule is Cc1cc(C)c(Br)c(C2(CN)CC2)c1. The highest BCUT2D eigenvalue weighted by atomic mass is 79.9. The average molecular weight is 254 g/mol. The molecule has 0 amide bonds. The molecule has 0 aliphatic heterocycles. The van der Waals surface area contributed by atoms with Gasteiger partial charge >= 0.3 is 0 Å². The van der Waals surface area contributed by atoms with E-state index in [2.05, 4.69) is 41.9 Å². The molecule has 0 radical (unpaired) electrons. The molecule has 1 nitrogen and oxygen atoms in total. The van der Waals surface area contributed by atoms with Gasteiger partial charge in [0, 0.05) is 16.4 Å². The second-order valence-corrected chi connectivity index (χ2v) is 5.22. The average Bonchev–Trinajstić information content (AvgIpc) is 2.92. The molecule has 0 heterocycles. The summed E-state index contributed by atoms with van der Waals surface area (Å²) in [5.41, 5.74) is 10.2. The Morgan fingerprint density at radius 1 is 1.36 bits per heavy atom. The van der Waals surface area contributed by atoms with Gasteiger partial charge in [-0.3, -0.25) is 0 Å². The second-order valence-electron chi connectivity index (χ2n) is 4.43. The van der Waals surface area contributed by atoms with Crippen molar-refractivity contribution in [3.05, 3.63) is 33.3 Å². The van der Waals surface area contributed by atoms with Gasteiger partial charge in [-0.15, -0.1) is 0 Å². The van der Waals surface area contributed by atoms with Crippen molar-refractivity contribution in [3.8, 4) is 0 Å². The van der Waals surface area contributed by atoms with Crippen LogP contribution in [0.25, 0.3) is 0 Å². The quantitative estimate of drug-likeness (QED) is 0.862. The summed E-state index contributed by atoms with van der Waals surface area (Å²) in [5.74, 6) is 0. The van der Waals surface area contributed by atoms with Crippen molar-refractivity contribution in [1.82, 2.24) is 0 Å². The summed E-state index contributed by atoms with van der Waals surface area (Å²) in [6.07, 6.45) is 2.48. The molecular formula is C12H16BrN. The van der Waals surface area contributed by atoms with Crippen LogP contribution >= 0.6 is 15.9 Å². The molecule has 2 N–H and O–H groups in total. The standard InChI is InChI=1S/C12H16BrN/c1-8-5-9(2)11(13)10(6-8)12(7-14)3-4-12/h5-6H,3-4,7,14H2,1-2H3. The lowest BCUT2D eigenvalue weighted by Gasteiger charge is -2.17. The first-order valence-corrected chi connectivity index (χ1v) is 5.86. The number of hydrogen-bond donors (Lipinski definition) is 1. The maximum absolute atomic E-state index is 5.85. The number of nitrogens with two attached hydrogens (primary N) is 1. The van der Waals surface area contributed by atoms with E-state index >= 15 is 0 Å². The fourth-order valence-electron chi connectivity index (χ4n) is 2.07. The number of aryl methyl sites for hydroxylation is 2. The molecule has 0 aromatic heterocycles. The van der Waals surface area contributed by atoms with Gasteiger partial charge < -0.3 is 5.73 Å². The van der Waals surface area contributed by atoms with Gasteiger partial charge in [-0.05, 0) is 37.8 Å². The largest absolute Gasteiger partial charge is 0.330 e. The van der Waals surface area contributed by atoms with E-state index in [9.17, 15) is 0 Å². The third kappa shape index (κ3) is 1.51. The van der Waals surface area contributed by atoms with Crippen LogP contribution in [0.5, 0.6) is 0 Å². The molecule has 1 aromatic carbocycles. The molecule has 1 fully saturated rings. The number of rotatable bonds is 2. The van der Waals surface area contributed by atoms with Gasteiger partial charge in [0.15, 0.2) is 0 Å². The minimum absolute atomic E-state index is 0.287. The van der Waals surface area contributed by atoms with Crippen LogP contribution in [-0.4, -0.2) is 6.54 Å². The monoisotopic (exact) mass is 253 g/mol. The molecule has 0 bridgehead atoms. The summed E-state index contributed by atoms with van der Waals surface area (Å²) in [6, 6.07) is 4.48. The first kappa shape index (κ1) is 10.2. The summed E-state index contributed by atoms with van der Waals surface area (Å²) in [5, 5.41) is 0. The highest BCUT2D eigenvalue weighted by Gasteiger charge is 2.44. The fraction of sp³-hybridized carbons (Fsp3) is 0.500. The molecule has 0 spiro atoms. The van der Waals surface area contributed by atoms with Crippen molar-refractivity contribution in [2.75, 3.05) is 6.54 Å². The molecule has 0 unspecified atom stereocenters. The van der Waals surface area contributed by atoms with Gasteiger partial charge in [0.05, 0.1) is 0 Å². The summed E-state index contributed by atoms with van der Waals surface area (Å²) in [7, 11) is 0. The van der Waals surface area contributed by atoms with E-state index in [-0.39, 0.29) is 5.41 Å². The lowest BCUT2D eigenvalue weighted by atomic mass is 9.93. The van der Waals surface area contributed by atoms with Gasteiger partial charge in [0.2, 0.25) is 0 Å². The minimum Gasteiger partial charge on any atom is -0.330 e. The maximum Gasteiger partial charge on any atom is 0.0242 e. The van der Waals surface area contributed by atoms with Crippen LogP contribution in [0.3, 0.4) is 0 Å². The van der Waals surface area contributed by atoms with E-state index < -0.39 is 0 Å². The van der Waals surface area contributed by atoms with Crippen molar-refractivity contribution in [1.29, 1.82) is 0 Å². The zero-order valence-electron chi connectivity index (χ0n) is 8.73. The van der Waals surface area contributed by atoms with Gasteiger partial charge in [0.1, 0.15) is 0 Å². The first-order chi connectivity index (χ1) is 6.59. The Balaban J connectivity index is 2.52. The van der Waals surface area contributed by atoms with Crippen LogP contribution in [0, 0.1) is 13.8 Å². The van der Waals surface area contributed by atoms with Gasteiger partial charge in [0.25, 0.3) is 0 Å². The van der Waals surface area contributed by atoms with Gasteiger partial charge in [-0.1, -0.05) is 33.6 Å². The summed E-state index contributed by atoms with van der Waals surface area (Å²) < 4.78 is 1.26. The molecule has 2 heteroatoms. The summed E-state index contributed by atoms with van der Waals surface area (Å²) in [4.78, 5) is 0. The number of halogens is 1. The van der Waals surface area contributed by atoms with Crippen LogP contribution in [0.1, 0.15) is 29.5 Å². The molecule has 1 aliphatic carbocycles. The Hall–Kier alpha value is -0.340. The topological polar surface area (TPSA) is 26.0 Å². The van der Waals surface area contributed by atoms with Gasteiger partial charge in [-0.2, -0.15) is 0 Å².